The second-order valence-electron chi connectivity index (χ2n) is 4.70. The number of hydrogen-bond acceptors (Lipinski definition) is 4. The molecule has 0 spiro atoms. The molecule has 6 nitrogen and oxygen atoms in total. The van der Waals surface area contributed by atoms with Crippen LogP contribution >= 0.6 is 0 Å². The van der Waals surface area contributed by atoms with Gasteiger partial charge in [-0.15, -0.1) is 0 Å². The fraction of sp³-hybridized carbons (Fsp3) is 0.846. The number of unbranched alkanes of at least 4 members (excludes halogenated alkanes) is 4. The first-order chi connectivity index (χ1) is 9.06. The van der Waals surface area contributed by atoms with Crippen LogP contribution in [-0.4, -0.2) is 25.4 Å². The van der Waals surface area contributed by atoms with Crippen LogP contribution in [0.15, 0.2) is 10.2 Å². The van der Waals surface area contributed by atoms with Gasteiger partial charge in [0.2, 0.25) is 0 Å². The zero-order valence-corrected chi connectivity index (χ0v) is 12.1. The summed E-state index contributed by atoms with van der Waals surface area (Å²) >= 11 is 0. The van der Waals surface area contributed by atoms with Crippen molar-refractivity contribution in [3.05, 3.63) is 0 Å². The highest BCUT2D eigenvalue weighted by Gasteiger charge is 2.04. The predicted molar refractivity (Wildman–Crippen MR) is 71.1 cm³/mol. The minimum absolute atomic E-state index is 0.217. The number of azo groups is 1. The van der Waals surface area contributed by atoms with E-state index in [9.17, 15) is 9.59 Å². The molecule has 0 aromatic carbocycles. The Morgan fingerprint density at radius 3 is 2.11 bits per heavy atom. The Bertz CT molecular complexity index is 290. The summed E-state index contributed by atoms with van der Waals surface area (Å²) in [6.07, 6.45) is 3.61. The molecule has 19 heavy (non-hydrogen) atoms. The fourth-order valence-electron chi connectivity index (χ4n) is 1.24. The highest BCUT2D eigenvalue weighted by atomic mass is 16.6. The third kappa shape index (κ3) is 12.8. The van der Waals surface area contributed by atoms with Crippen molar-refractivity contribution in [3.8, 4) is 0 Å². The Labute approximate surface area is 114 Å². The lowest BCUT2D eigenvalue weighted by molar-refractivity contribution is 0.136. The van der Waals surface area contributed by atoms with Gasteiger partial charge in [-0.3, -0.25) is 0 Å². The Hall–Kier alpha value is -1.46. The maximum absolute atomic E-state index is 11.1. The van der Waals surface area contributed by atoms with E-state index in [2.05, 4.69) is 17.2 Å². The van der Waals surface area contributed by atoms with Crippen LogP contribution in [0.1, 0.15) is 52.9 Å². The summed E-state index contributed by atoms with van der Waals surface area (Å²) in [4.78, 5) is 22.1. The van der Waals surface area contributed by atoms with E-state index in [0.717, 1.165) is 19.3 Å². The van der Waals surface area contributed by atoms with Crippen molar-refractivity contribution in [1.29, 1.82) is 0 Å². The van der Waals surface area contributed by atoms with Gasteiger partial charge >= 0.3 is 12.2 Å². The van der Waals surface area contributed by atoms with Crippen LogP contribution < -0.4 is 0 Å². The lowest BCUT2D eigenvalue weighted by Gasteiger charge is -2.02. The molecule has 0 aliphatic heterocycles. The van der Waals surface area contributed by atoms with Gasteiger partial charge in [-0.05, 0) is 12.3 Å². The SMILES string of the molecule is CCCCCCCOC(=O)/N=N/C(=O)OCC(C)C. The Morgan fingerprint density at radius 1 is 0.947 bits per heavy atom. The third-order valence-corrected chi connectivity index (χ3v) is 2.23. The summed E-state index contributed by atoms with van der Waals surface area (Å²) < 4.78 is 9.51. The monoisotopic (exact) mass is 272 g/mol. The smallest absolute Gasteiger partial charge is 0.447 e. The van der Waals surface area contributed by atoms with Gasteiger partial charge in [0.25, 0.3) is 0 Å². The van der Waals surface area contributed by atoms with Gasteiger partial charge in [0, 0.05) is 0 Å². The van der Waals surface area contributed by atoms with E-state index < -0.39 is 12.2 Å². The number of nitrogens with zero attached hydrogens (tertiary/aromatic N) is 2. The average molecular weight is 272 g/mol. The maximum Gasteiger partial charge on any atom is 0.452 e. The largest absolute Gasteiger partial charge is 0.452 e. The van der Waals surface area contributed by atoms with Crippen molar-refractivity contribution in [2.75, 3.05) is 13.2 Å². The molecule has 0 unspecified atom stereocenters. The van der Waals surface area contributed by atoms with Gasteiger partial charge in [0.15, 0.2) is 0 Å². The van der Waals surface area contributed by atoms with Crippen LogP contribution in [0.3, 0.4) is 0 Å². The van der Waals surface area contributed by atoms with E-state index in [-0.39, 0.29) is 12.5 Å². The first-order valence-electron chi connectivity index (χ1n) is 6.81. The molecule has 6 heteroatoms. The lowest BCUT2D eigenvalue weighted by atomic mass is 10.2. The molecule has 0 radical (unpaired) electrons. The maximum atomic E-state index is 11.1. The Kier molecular flexibility index (Phi) is 10.7. The number of carbonyl (C=O) groups excluding carboxylic acids is 2. The number of carbonyl (C=O) groups is 2. The van der Waals surface area contributed by atoms with Crippen molar-refractivity contribution < 1.29 is 19.1 Å². The van der Waals surface area contributed by atoms with Crippen LogP contribution in [0.5, 0.6) is 0 Å². The molecule has 0 heterocycles. The molecule has 0 aromatic heterocycles. The molecule has 0 saturated heterocycles. The third-order valence-electron chi connectivity index (χ3n) is 2.23. The average Bonchev–Trinajstić information content (AvgIpc) is 2.38. The minimum Gasteiger partial charge on any atom is -0.447 e. The number of hydrogen-bond donors (Lipinski definition) is 0. The van der Waals surface area contributed by atoms with Gasteiger partial charge in [-0.1, -0.05) is 56.7 Å². The quantitative estimate of drug-likeness (QED) is 0.486. The summed E-state index contributed by atoms with van der Waals surface area (Å²) in [5.41, 5.74) is 0. The van der Waals surface area contributed by atoms with Gasteiger partial charge in [0.05, 0.1) is 13.2 Å². The zero-order chi connectivity index (χ0) is 14.5. The highest BCUT2D eigenvalue weighted by molar-refractivity contribution is 5.73. The molecule has 0 aliphatic carbocycles. The molecule has 0 rings (SSSR count). The standard InChI is InChI=1S/C13H24N2O4/c1-4-5-6-7-8-9-18-12(16)14-15-13(17)19-10-11(2)3/h11H,4-10H2,1-3H3/b15-14+. The lowest BCUT2D eigenvalue weighted by Crippen LogP contribution is -2.06. The van der Waals surface area contributed by atoms with Crippen LogP contribution in [-0.2, 0) is 9.47 Å². The van der Waals surface area contributed by atoms with E-state index in [1.807, 2.05) is 13.8 Å². The van der Waals surface area contributed by atoms with Gasteiger partial charge < -0.3 is 9.47 Å². The van der Waals surface area contributed by atoms with E-state index in [1.54, 1.807) is 0 Å². The zero-order valence-electron chi connectivity index (χ0n) is 12.1. The van der Waals surface area contributed by atoms with E-state index in [0.29, 0.717) is 6.61 Å². The second-order valence-corrected chi connectivity index (χ2v) is 4.70. The van der Waals surface area contributed by atoms with Crippen LogP contribution in [0.2, 0.25) is 0 Å². The topological polar surface area (TPSA) is 77.3 Å². The highest BCUT2D eigenvalue weighted by Crippen LogP contribution is 2.03. The molecule has 2 amide bonds. The predicted octanol–water partition coefficient (Wildman–Crippen LogP) is 4.34. The molecule has 110 valence electrons. The molecule has 0 N–H and O–H groups in total. The normalized spacial score (nSPS) is 10.9. The summed E-state index contributed by atoms with van der Waals surface area (Å²) in [5, 5.41) is 6.24. The summed E-state index contributed by atoms with van der Waals surface area (Å²) in [6, 6.07) is 0. The van der Waals surface area contributed by atoms with Crippen molar-refractivity contribution >= 4 is 12.2 Å². The summed E-state index contributed by atoms with van der Waals surface area (Å²) in [7, 11) is 0. The van der Waals surface area contributed by atoms with E-state index in [1.165, 1.54) is 12.8 Å². The molecule has 0 aromatic rings. The van der Waals surface area contributed by atoms with Crippen molar-refractivity contribution in [2.24, 2.45) is 16.1 Å². The molecule has 0 saturated carbocycles. The Morgan fingerprint density at radius 2 is 1.53 bits per heavy atom. The molecular weight excluding hydrogens is 248 g/mol. The first kappa shape index (κ1) is 17.5. The van der Waals surface area contributed by atoms with Crippen LogP contribution in [0, 0.1) is 5.92 Å². The Balaban J connectivity index is 3.59. The first-order valence-corrected chi connectivity index (χ1v) is 6.81. The van der Waals surface area contributed by atoms with Crippen molar-refractivity contribution in [2.45, 2.75) is 52.9 Å². The fourth-order valence-corrected chi connectivity index (χ4v) is 1.24. The van der Waals surface area contributed by atoms with Crippen molar-refractivity contribution in [3.63, 3.8) is 0 Å². The van der Waals surface area contributed by atoms with Gasteiger partial charge in [0.1, 0.15) is 0 Å². The number of ether oxygens (including phenoxy) is 2. The summed E-state index contributed by atoms with van der Waals surface area (Å²) in [6.45, 7) is 6.50. The molecule has 0 fully saturated rings. The number of amides is 2. The van der Waals surface area contributed by atoms with Gasteiger partial charge in [-0.2, -0.15) is 0 Å². The van der Waals surface area contributed by atoms with Crippen LogP contribution in [0.25, 0.3) is 0 Å². The van der Waals surface area contributed by atoms with Crippen LogP contribution in [0.4, 0.5) is 9.59 Å². The summed E-state index contributed by atoms with van der Waals surface area (Å²) in [5.74, 6) is 0.217. The second kappa shape index (κ2) is 11.6. The minimum atomic E-state index is -0.867. The molecule has 0 atom stereocenters. The molecular formula is C13H24N2O4. The van der Waals surface area contributed by atoms with Gasteiger partial charge in [-0.25, -0.2) is 9.59 Å². The molecule has 0 aliphatic rings. The van der Waals surface area contributed by atoms with E-state index in [4.69, 9.17) is 9.47 Å². The number of rotatable bonds is 8. The van der Waals surface area contributed by atoms with E-state index >= 15 is 0 Å². The molecule has 0 bridgehead atoms. The van der Waals surface area contributed by atoms with Crippen molar-refractivity contribution in [1.82, 2.24) is 0 Å².